The summed E-state index contributed by atoms with van der Waals surface area (Å²) >= 11 is 1.42. The first-order valence-corrected chi connectivity index (χ1v) is 10.4. The normalized spacial score (nSPS) is 18.6. The van der Waals surface area contributed by atoms with Gasteiger partial charge in [-0.15, -0.1) is 0 Å². The molecule has 7 heteroatoms. The second kappa shape index (κ2) is 7.93. The van der Waals surface area contributed by atoms with Gasteiger partial charge in [-0.1, -0.05) is 11.8 Å². The van der Waals surface area contributed by atoms with Crippen molar-refractivity contribution in [2.45, 2.75) is 48.8 Å². The summed E-state index contributed by atoms with van der Waals surface area (Å²) in [6, 6.07) is 9.03. The first-order chi connectivity index (χ1) is 13.5. The lowest BCUT2D eigenvalue weighted by atomic mass is 10.1. The molecule has 2 aromatic rings. The van der Waals surface area contributed by atoms with Crippen LogP contribution in [-0.4, -0.2) is 42.1 Å². The number of nitrogens with zero attached hydrogens (tertiary/aromatic N) is 2. The highest BCUT2D eigenvalue weighted by Gasteiger charge is 2.30. The van der Waals surface area contributed by atoms with Crippen LogP contribution in [0.5, 0.6) is 0 Å². The van der Waals surface area contributed by atoms with Crippen LogP contribution in [0, 0.1) is 0 Å². The minimum absolute atomic E-state index is 0.0165. The monoisotopic (exact) mass is 397 g/mol. The third-order valence-corrected chi connectivity index (χ3v) is 6.00. The Morgan fingerprint density at radius 1 is 1.39 bits per heavy atom. The molecular formula is C21H23N3O3S. The zero-order valence-corrected chi connectivity index (χ0v) is 16.8. The molecule has 28 heavy (non-hydrogen) atoms. The number of aromatic nitrogens is 1. The molecule has 2 aliphatic heterocycles. The number of rotatable bonds is 4. The molecule has 1 aromatic carbocycles. The van der Waals surface area contributed by atoms with Gasteiger partial charge in [0.1, 0.15) is 5.03 Å². The van der Waals surface area contributed by atoms with E-state index < -0.39 is 0 Å². The summed E-state index contributed by atoms with van der Waals surface area (Å²) in [5, 5.41) is 3.62. The van der Waals surface area contributed by atoms with E-state index in [-0.39, 0.29) is 24.0 Å². The molecule has 0 bridgehead atoms. The van der Waals surface area contributed by atoms with Crippen LogP contribution in [0.4, 0.5) is 5.69 Å². The van der Waals surface area contributed by atoms with Gasteiger partial charge in [-0.25, -0.2) is 4.98 Å². The molecule has 0 spiro atoms. The molecule has 1 saturated heterocycles. The van der Waals surface area contributed by atoms with Crippen LogP contribution in [-0.2, 0) is 4.74 Å². The lowest BCUT2D eigenvalue weighted by Gasteiger charge is -2.27. The highest BCUT2D eigenvalue weighted by molar-refractivity contribution is 7.99. The molecular weight excluding hydrogens is 374 g/mol. The minimum Gasteiger partial charge on any atom is -0.376 e. The van der Waals surface area contributed by atoms with Gasteiger partial charge in [-0.3, -0.25) is 9.59 Å². The Labute approximate surface area is 168 Å². The fourth-order valence-electron chi connectivity index (χ4n) is 3.54. The Balaban J connectivity index is 1.64. The fourth-order valence-corrected chi connectivity index (χ4v) is 4.58. The van der Waals surface area contributed by atoms with Crippen LogP contribution in [0.2, 0.25) is 0 Å². The number of pyridine rings is 1. The second-order valence-corrected chi connectivity index (χ2v) is 8.29. The summed E-state index contributed by atoms with van der Waals surface area (Å²) in [7, 11) is 0. The van der Waals surface area contributed by atoms with Gasteiger partial charge in [0.25, 0.3) is 11.8 Å². The van der Waals surface area contributed by atoms with Crippen LogP contribution in [0.3, 0.4) is 0 Å². The summed E-state index contributed by atoms with van der Waals surface area (Å²) in [6.45, 7) is 5.25. The first-order valence-electron chi connectivity index (χ1n) is 9.55. The third kappa shape index (κ3) is 3.64. The van der Waals surface area contributed by atoms with E-state index in [0.717, 1.165) is 30.0 Å². The predicted octanol–water partition coefficient (Wildman–Crippen LogP) is 3.51. The van der Waals surface area contributed by atoms with Crippen LogP contribution in [0.15, 0.2) is 46.5 Å². The first kappa shape index (κ1) is 19.0. The largest absolute Gasteiger partial charge is 0.376 e. The quantitative estimate of drug-likeness (QED) is 0.855. The molecule has 1 N–H and O–H groups in total. The average molecular weight is 398 g/mol. The summed E-state index contributed by atoms with van der Waals surface area (Å²) < 4.78 is 5.57. The number of carbonyl (C=O) groups is 2. The van der Waals surface area contributed by atoms with Gasteiger partial charge in [0.05, 0.1) is 17.4 Å². The lowest BCUT2D eigenvalue weighted by Crippen LogP contribution is -2.37. The van der Waals surface area contributed by atoms with Crippen molar-refractivity contribution in [2.24, 2.45) is 0 Å². The van der Waals surface area contributed by atoms with Gasteiger partial charge < -0.3 is 15.0 Å². The van der Waals surface area contributed by atoms with E-state index in [1.54, 1.807) is 29.3 Å². The van der Waals surface area contributed by atoms with E-state index in [1.165, 1.54) is 11.8 Å². The van der Waals surface area contributed by atoms with Crippen molar-refractivity contribution in [3.63, 3.8) is 0 Å². The van der Waals surface area contributed by atoms with E-state index in [1.807, 2.05) is 26.0 Å². The number of hydrogen-bond acceptors (Lipinski definition) is 5. The summed E-state index contributed by atoms with van der Waals surface area (Å²) in [6.07, 6.45) is 3.81. The zero-order chi connectivity index (χ0) is 19.7. The Morgan fingerprint density at radius 3 is 3.00 bits per heavy atom. The van der Waals surface area contributed by atoms with Crippen molar-refractivity contribution in [3.8, 4) is 0 Å². The number of ether oxygens (including phenoxy) is 1. The van der Waals surface area contributed by atoms with Crippen LogP contribution >= 0.6 is 11.8 Å². The Hall–Kier alpha value is -2.38. The Kier molecular flexibility index (Phi) is 5.37. The maximum Gasteiger partial charge on any atom is 0.261 e. The molecule has 3 heterocycles. The molecule has 146 valence electrons. The smallest absolute Gasteiger partial charge is 0.261 e. The van der Waals surface area contributed by atoms with Crippen molar-refractivity contribution in [1.29, 1.82) is 0 Å². The molecule has 0 saturated carbocycles. The highest BCUT2D eigenvalue weighted by Crippen LogP contribution is 2.41. The summed E-state index contributed by atoms with van der Waals surface area (Å²) in [5.74, 6) is -0.202. The Morgan fingerprint density at radius 2 is 2.25 bits per heavy atom. The molecule has 1 unspecified atom stereocenters. The molecule has 0 aliphatic carbocycles. The second-order valence-electron chi connectivity index (χ2n) is 7.25. The lowest BCUT2D eigenvalue weighted by molar-refractivity contribution is 0.0857. The topological polar surface area (TPSA) is 71.5 Å². The standard InChI is InChI=1S/C21H23N3O3S/c1-13(2)24-17-8-7-14(19(25)23-12-15-5-4-10-27-15)11-18(17)28-20-16(21(24)26)6-3-9-22-20/h3,6-9,11,13,15H,4-5,10,12H2,1-2H3,(H,23,25). The molecule has 1 atom stereocenters. The van der Waals surface area contributed by atoms with E-state index in [2.05, 4.69) is 10.3 Å². The fraction of sp³-hybridized carbons (Fsp3) is 0.381. The molecule has 2 amide bonds. The van der Waals surface area contributed by atoms with E-state index in [9.17, 15) is 9.59 Å². The molecule has 4 rings (SSSR count). The summed E-state index contributed by atoms with van der Waals surface area (Å²) in [4.78, 5) is 32.7. The molecule has 2 aliphatic rings. The van der Waals surface area contributed by atoms with Gasteiger partial charge in [-0.05, 0) is 57.0 Å². The van der Waals surface area contributed by atoms with Crippen LogP contribution < -0.4 is 10.2 Å². The van der Waals surface area contributed by atoms with Gasteiger partial charge in [-0.2, -0.15) is 0 Å². The van der Waals surface area contributed by atoms with Crippen molar-refractivity contribution < 1.29 is 14.3 Å². The number of hydrogen-bond donors (Lipinski definition) is 1. The van der Waals surface area contributed by atoms with Crippen molar-refractivity contribution in [3.05, 3.63) is 47.7 Å². The number of fused-ring (bicyclic) bond motifs is 2. The number of amides is 2. The number of nitrogens with one attached hydrogen (secondary N) is 1. The predicted molar refractivity (Wildman–Crippen MR) is 108 cm³/mol. The molecule has 1 aromatic heterocycles. The summed E-state index contributed by atoms with van der Waals surface area (Å²) in [5.41, 5.74) is 1.96. The van der Waals surface area contributed by atoms with Gasteiger partial charge in [0, 0.05) is 35.8 Å². The maximum atomic E-state index is 13.1. The average Bonchev–Trinajstić information content (AvgIpc) is 3.17. The van der Waals surface area contributed by atoms with Crippen molar-refractivity contribution in [2.75, 3.05) is 18.1 Å². The SMILES string of the molecule is CC(C)N1C(=O)c2cccnc2Sc2cc(C(=O)NCC3CCCO3)ccc21. The molecule has 6 nitrogen and oxygen atoms in total. The van der Waals surface area contributed by atoms with Crippen molar-refractivity contribution >= 4 is 29.3 Å². The van der Waals surface area contributed by atoms with E-state index in [0.29, 0.717) is 22.7 Å². The number of benzene rings is 1. The molecule has 1 fully saturated rings. The van der Waals surface area contributed by atoms with Crippen molar-refractivity contribution in [1.82, 2.24) is 10.3 Å². The zero-order valence-electron chi connectivity index (χ0n) is 16.0. The Bertz CT molecular complexity index is 910. The van der Waals surface area contributed by atoms with Crippen LogP contribution in [0.1, 0.15) is 47.4 Å². The van der Waals surface area contributed by atoms with Gasteiger partial charge in [0.2, 0.25) is 0 Å². The third-order valence-electron chi connectivity index (χ3n) is 4.94. The molecule has 0 radical (unpaired) electrons. The highest BCUT2D eigenvalue weighted by atomic mass is 32.2. The minimum atomic E-state index is -0.133. The number of carbonyl (C=O) groups excluding carboxylic acids is 2. The van der Waals surface area contributed by atoms with Gasteiger partial charge in [0.15, 0.2) is 0 Å². The van der Waals surface area contributed by atoms with Gasteiger partial charge >= 0.3 is 0 Å². The van der Waals surface area contributed by atoms with E-state index >= 15 is 0 Å². The number of anilines is 1. The maximum absolute atomic E-state index is 13.1. The van der Waals surface area contributed by atoms with Crippen LogP contribution in [0.25, 0.3) is 0 Å². The van der Waals surface area contributed by atoms with E-state index in [4.69, 9.17) is 4.74 Å².